The number of benzene rings is 1. The quantitative estimate of drug-likeness (QED) is 0.735. The molecule has 2 aromatic rings. The van der Waals surface area contributed by atoms with Crippen molar-refractivity contribution in [2.45, 2.75) is 0 Å². The zero-order chi connectivity index (χ0) is 10.1. The van der Waals surface area contributed by atoms with E-state index in [4.69, 9.17) is 16.3 Å². The number of fused-ring (bicyclic) bond motifs is 1. The summed E-state index contributed by atoms with van der Waals surface area (Å²) in [4.78, 5) is 4.09. The van der Waals surface area contributed by atoms with Crippen LogP contribution in [0.15, 0.2) is 24.3 Å². The molecule has 0 fully saturated rings. The topological polar surface area (TPSA) is 42.4 Å². The van der Waals surface area contributed by atoms with E-state index in [-0.39, 0.29) is 5.75 Å². The molecule has 0 spiro atoms. The van der Waals surface area contributed by atoms with E-state index in [2.05, 4.69) is 4.98 Å². The molecule has 2 rings (SSSR count). The van der Waals surface area contributed by atoms with Crippen molar-refractivity contribution in [3.8, 4) is 11.5 Å². The van der Waals surface area contributed by atoms with Gasteiger partial charge in [-0.1, -0.05) is 11.6 Å². The van der Waals surface area contributed by atoms with Crippen LogP contribution in [0.4, 0.5) is 0 Å². The molecule has 0 saturated carbocycles. The van der Waals surface area contributed by atoms with Crippen LogP contribution in [0.25, 0.3) is 10.9 Å². The maximum Gasteiger partial charge on any atom is 0.171 e. The predicted molar refractivity (Wildman–Crippen MR) is 55.0 cm³/mol. The molecule has 0 amide bonds. The first kappa shape index (κ1) is 9.09. The number of hydrogen-bond donors (Lipinski definition) is 1. The molecule has 0 saturated heterocycles. The number of nitrogens with zero attached hydrogens (tertiary/aromatic N) is 1. The molecule has 3 nitrogen and oxygen atoms in total. The molecule has 1 aromatic carbocycles. The molecular weight excluding hydrogens is 202 g/mol. The van der Waals surface area contributed by atoms with E-state index in [0.29, 0.717) is 16.4 Å². The normalized spacial score (nSPS) is 10.4. The van der Waals surface area contributed by atoms with Gasteiger partial charge in [0.25, 0.3) is 0 Å². The van der Waals surface area contributed by atoms with Gasteiger partial charge in [0.1, 0.15) is 5.75 Å². The second-order valence-electron chi connectivity index (χ2n) is 2.86. The second-order valence-corrected chi connectivity index (χ2v) is 3.22. The van der Waals surface area contributed by atoms with Crippen LogP contribution in [0, 0.1) is 0 Å². The van der Waals surface area contributed by atoms with Crippen molar-refractivity contribution in [2.75, 3.05) is 7.11 Å². The summed E-state index contributed by atoms with van der Waals surface area (Å²) in [6, 6.07) is 6.69. The van der Waals surface area contributed by atoms with Crippen molar-refractivity contribution in [1.82, 2.24) is 4.98 Å². The van der Waals surface area contributed by atoms with E-state index in [1.807, 2.05) is 0 Å². The van der Waals surface area contributed by atoms with Crippen LogP contribution in [-0.4, -0.2) is 17.2 Å². The first-order valence-electron chi connectivity index (χ1n) is 4.04. The maximum atomic E-state index is 9.23. The van der Waals surface area contributed by atoms with Gasteiger partial charge in [-0.15, -0.1) is 0 Å². The first-order valence-corrected chi connectivity index (χ1v) is 4.42. The molecule has 0 aliphatic rings. The van der Waals surface area contributed by atoms with Gasteiger partial charge in [0.05, 0.1) is 12.6 Å². The Labute approximate surface area is 85.9 Å². The number of aromatic nitrogens is 1. The van der Waals surface area contributed by atoms with Crippen LogP contribution >= 0.6 is 11.6 Å². The fraction of sp³-hybridized carbons (Fsp3) is 0.100. The molecule has 0 radical (unpaired) electrons. The lowest BCUT2D eigenvalue weighted by Crippen LogP contribution is -1.87. The Balaban J connectivity index is 2.73. The van der Waals surface area contributed by atoms with Crippen molar-refractivity contribution in [3.05, 3.63) is 29.4 Å². The van der Waals surface area contributed by atoms with Crippen molar-refractivity contribution in [2.24, 2.45) is 0 Å². The van der Waals surface area contributed by atoms with E-state index in [0.717, 1.165) is 5.39 Å². The Morgan fingerprint density at radius 1 is 1.36 bits per heavy atom. The summed E-state index contributed by atoms with van der Waals surface area (Å²) in [6.07, 6.45) is 0. The minimum atomic E-state index is 0.172. The van der Waals surface area contributed by atoms with Crippen molar-refractivity contribution in [1.29, 1.82) is 0 Å². The number of hydrogen-bond acceptors (Lipinski definition) is 3. The number of pyridine rings is 1. The highest BCUT2D eigenvalue weighted by molar-refractivity contribution is 6.31. The Morgan fingerprint density at radius 3 is 2.86 bits per heavy atom. The van der Waals surface area contributed by atoms with Gasteiger partial charge in [0, 0.05) is 11.5 Å². The lowest BCUT2D eigenvalue weighted by molar-refractivity contribution is 0.414. The Hall–Kier alpha value is -1.48. The number of ether oxygens (including phenoxy) is 1. The molecular formula is C10H8ClNO2. The molecule has 0 atom stereocenters. The van der Waals surface area contributed by atoms with Gasteiger partial charge in [0.2, 0.25) is 0 Å². The third-order valence-corrected chi connectivity index (χ3v) is 2.21. The average molecular weight is 210 g/mol. The van der Waals surface area contributed by atoms with Crippen molar-refractivity contribution >= 4 is 22.5 Å². The summed E-state index contributed by atoms with van der Waals surface area (Å²) in [7, 11) is 1.54. The molecule has 14 heavy (non-hydrogen) atoms. The van der Waals surface area contributed by atoms with Crippen LogP contribution in [0.2, 0.25) is 5.15 Å². The van der Waals surface area contributed by atoms with Gasteiger partial charge in [-0.2, -0.15) is 0 Å². The Morgan fingerprint density at radius 2 is 2.14 bits per heavy atom. The van der Waals surface area contributed by atoms with Gasteiger partial charge in [-0.05, 0) is 18.2 Å². The van der Waals surface area contributed by atoms with Crippen LogP contribution in [0.3, 0.4) is 0 Å². The van der Waals surface area contributed by atoms with Gasteiger partial charge in [0.15, 0.2) is 10.9 Å². The zero-order valence-corrected chi connectivity index (χ0v) is 8.25. The highest BCUT2D eigenvalue weighted by atomic mass is 35.5. The maximum absolute atomic E-state index is 9.23. The summed E-state index contributed by atoms with van der Waals surface area (Å²) in [5.41, 5.74) is 0.649. The molecule has 0 bridgehead atoms. The number of halogens is 1. The third-order valence-electron chi connectivity index (χ3n) is 1.94. The molecule has 1 aromatic heterocycles. The van der Waals surface area contributed by atoms with Gasteiger partial charge in [-0.25, -0.2) is 4.98 Å². The third kappa shape index (κ3) is 1.46. The van der Waals surface area contributed by atoms with E-state index >= 15 is 0 Å². The molecule has 0 unspecified atom stereocenters. The lowest BCUT2D eigenvalue weighted by atomic mass is 10.2. The van der Waals surface area contributed by atoms with Gasteiger partial charge in [-0.3, -0.25) is 0 Å². The smallest absolute Gasteiger partial charge is 0.171 e. The molecule has 1 N–H and O–H groups in total. The fourth-order valence-electron chi connectivity index (χ4n) is 1.26. The Kier molecular flexibility index (Phi) is 2.17. The van der Waals surface area contributed by atoms with Gasteiger partial charge < -0.3 is 9.84 Å². The number of methoxy groups -OCH3 is 1. The number of rotatable bonds is 1. The summed E-state index contributed by atoms with van der Waals surface area (Å²) in [5.74, 6) is 0.705. The molecule has 0 aliphatic carbocycles. The minimum absolute atomic E-state index is 0.172. The fourth-order valence-corrected chi connectivity index (χ4v) is 1.48. The summed E-state index contributed by atoms with van der Waals surface area (Å²) >= 11 is 5.84. The largest absolute Gasteiger partial charge is 0.508 e. The molecule has 72 valence electrons. The minimum Gasteiger partial charge on any atom is -0.508 e. The average Bonchev–Trinajstić information content (AvgIpc) is 2.16. The monoisotopic (exact) mass is 209 g/mol. The number of phenols is 1. The van der Waals surface area contributed by atoms with Crippen molar-refractivity contribution in [3.63, 3.8) is 0 Å². The molecule has 1 heterocycles. The number of phenolic OH excluding ortho intramolecular Hbond substituents is 1. The Bertz CT molecular complexity index is 485. The van der Waals surface area contributed by atoms with Crippen LogP contribution in [0.1, 0.15) is 0 Å². The van der Waals surface area contributed by atoms with Crippen molar-refractivity contribution < 1.29 is 9.84 Å². The van der Waals surface area contributed by atoms with E-state index in [9.17, 15) is 5.11 Å². The van der Waals surface area contributed by atoms with Crippen LogP contribution in [0.5, 0.6) is 11.5 Å². The van der Waals surface area contributed by atoms with Crippen LogP contribution in [-0.2, 0) is 0 Å². The predicted octanol–water partition coefficient (Wildman–Crippen LogP) is 2.60. The summed E-state index contributed by atoms with van der Waals surface area (Å²) in [6.45, 7) is 0. The summed E-state index contributed by atoms with van der Waals surface area (Å²) < 4.78 is 5.03. The lowest BCUT2D eigenvalue weighted by Gasteiger charge is -2.04. The summed E-state index contributed by atoms with van der Waals surface area (Å²) in [5, 5.41) is 10.4. The SMILES string of the molecule is COc1cc2ccc(O)cc2nc1Cl. The molecule has 0 aliphatic heterocycles. The second kappa shape index (κ2) is 3.35. The van der Waals surface area contributed by atoms with E-state index < -0.39 is 0 Å². The molecule has 4 heteroatoms. The highest BCUT2D eigenvalue weighted by Gasteiger charge is 2.04. The standard InChI is InChI=1S/C10H8ClNO2/c1-14-9-4-6-2-3-7(13)5-8(6)12-10(9)11/h2-5,13H,1H3. The zero-order valence-electron chi connectivity index (χ0n) is 7.49. The highest BCUT2D eigenvalue weighted by Crippen LogP contribution is 2.28. The van der Waals surface area contributed by atoms with E-state index in [1.165, 1.54) is 7.11 Å². The number of aromatic hydroxyl groups is 1. The van der Waals surface area contributed by atoms with Gasteiger partial charge >= 0.3 is 0 Å². The first-order chi connectivity index (χ1) is 6.70. The van der Waals surface area contributed by atoms with Crippen LogP contribution < -0.4 is 4.74 Å². The van der Waals surface area contributed by atoms with E-state index in [1.54, 1.807) is 24.3 Å².